The Balaban J connectivity index is 0.000000202. The van der Waals surface area contributed by atoms with Gasteiger partial charge >= 0.3 is 5.97 Å². The SMILES string of the molecule is Cn1ccnc1.O=C(O)C(O)c1ccccc1. The number of hydrogen-bond donors (Lipinski definition) is 2. The summed E-state index contributed by atoms with van der Waals surface area (Å²) in [5, 5.41) is 17.4. The van der Waals surface area contributed by atoms with Crippen LogP contribution in [0.3, 0.4) is 0 Å². The van der Waals surface area contributed by atoms with E-state index in [1.165, 1.54) is 0 Å². The van der Waals surface area contributed by atoms with Crippen molar-refractivity contribution in [3.8, 4) is 0 Å². The van der Waals surface area contributed by atoms with Crippen LogP contribution in [0.2, 0.25) is 0 Å². The molecular formula is C12H14N2O3. The van der Waals surface area contributed by atoms with E-state index in [1.54, 1.807) is 42.9 Å². The quantitative estimate of drug-likeness (QED) is 0.819. The molecule has 1 heterocycles. The van der Waals surface area contributed by atoms with E-state index in [0.29, 0.717) is 5.56 Å². The van der Waals surface area contributed by atoms with Crippen molar-refractivity contribution >= 4 is 5.97 Å². The molecule has 1 aromatic carbocycles. The van der Waals surface area contributed by atoms with Gasteiger partial charge in [-0.25, -0.2) is 9.78 Å². The third-order valence-corrected chi connectivity index (χ3v) is 1.99. The molecule has 17 heavy (non-hydrogen) atoms. The molecule has 0 saturated heterocycles. The molecule has 2 N–H and O–H groups in total. The molecule has 0 aliphatic heterocycles. The number of rotatable bonds is 2. The van der Waals surface area contributed by atoms with E-state index >= 15 is 0 Å². The van der Waals surface area contributed by atoms with Gasteiger partial charge in [0.05, 0.1) is 6.33 Å². The van der Waals surface area contributed by atoms with E-state index in [1.807, 2.05) is 17.8 Å². The predicted octanol–water partition coefficient (Wildman–Crippen LogP) is 1.22. The van der Waals surface area contributed by atoms with Gasteiger partial charge in [-0.05, 0) is 5.56 Å². The maximum absolute atomic E-state index is 10.2. The summed E-state index contributed by atoms with van der Waals surface area (Å²) < 4.78 is 1.89. The van der Waals surface area contributed by atoms with Crippen LogP contribution < -0.4 is 0 Å². The topological polar surface area (TPSA) is 75.4 Å². The lowest BCUT2D eigenvalue weighted by atomic mass is 10.1. The number of aliphatic carboxylic acids is 1. The molecule has 0 saturated carbocycles. The van der Waals surface area contributed by atoms with Gasteiger partial charge in [0.2, 0.25) is 0 Å². The highest BCUT2D eigenvalue weighted by atomic mass is 16.4. The fraction of sp³-hybridized carbons (Fsp3) is 0.167. The second-order valence-electron chi connectivity index (χ2n) is 3.38. The van der Waals surface area contributed by atoms with E-state index in [2.05, 4.69) is 4.98 Å². The van der Waals surface area contributed by atoms with E-state index in [4.69, 9.17) is 10.2 Å². The van der Waals surface area contributed by atoms with Gasteiger partial charge in [0.15, 0.2) is 6.10 Å². The molecule has 2 rings (SSSR count). The number of carbonyl (C=O) groups is 1. The Morgan fingerprint density at radius 1 is 1.35 bits per heavy atom. The average Bonchev–Trinajstić information content (AvgIpc) is 2.81. The molecule has 5 heteroatoms. The smallest absolute Gasteiger partial charge is 0.337 e. The summed E-state index contributed by atoms with van der Waals surface area (Å²) in [6.45, 7) is 0. The van der Waals surface area contributed by atoms with Crippen LogP contribution in [-0.2, 0) is 11.8 Å². The first-order valence-corrected chi connectivity index (χ1v) is 4.99. The number of aliphatic hydroxyl groups is 1. The molecule has 0 aliphatic carbocycles. The molecule has 0 bridgehead atoms. The summed E-state index contributed by atoms with van der Waals surface area (Å²) in [5.74, 6) is -1.23. The lowest BCUT2D eigenvalue weighted by Gasteiger charge is -2.03. The van der Waals surface area contributed by atoms with Crippen LogP contribution >= 0.6 is 0 Å². The van der Waals surface area contributed by atoms with E-state index < -0.39 is 12.1 Å². The number of carboxylic acids is 1. The first-order valence-electron chi connectivity index (χ1n) is 4.99. The summed E-state index contributed by atoms with van der Waals surface area (Å²) in [4.78, 5) is 14.0. The average molecular weight is 234 g/mol. The zero-order chi connectivity index (χ0) is 12.7. The largest absolute Gasteiger partial charge is 0.479 e. The minimum absolute atomic E-state index is 0.403. The van der Waals surface area contributed by atoms with Crippen molar-refractivity contribution in [1.29, 1.82) is 0 Å². The van der Waals surface area contributed by atoms with Crippen LogP contribution in [0.15, 0.2) is 49.1 Å². The Hall–Kier alpha value is -2.14. The molecule has 0 radical (unpaired) electrons. The first kappa shape index (κ1) is 12.9. The molecule has 0 aliphatic rings. The Labute approximate surface area is 99.0 Å². The van der Waals surface area contributed by atoms with Crippen LogP contribution in [0, 0.1) is 0 Å². The zero-order valence-electron chi connectivity index (χ0n) is 9.39. The molecule has 1 atom stereocenters. The Morgan fingerprint density at radius 3 is 2.35 bits per heavy atom. The lowest BCUT2D eigenvalue weighted by molar-refractivity contribution is -0.146. The Morgan fingerprint density at radius 2 is 2.00 bits per heavy atom. The van der Waals surface area contributed by atoms with E-state index in [-0.39, 0.29) is 0 Å². The van der Waals surface area contributed by atoms with Gasteiger partial charge < -0.3 is 14.8 Å². The van der Waals surface area contributed by atoms with Gasteiger partial charge in [0.25, 0.3) is 0 Å². The molecule has 0 spiro atoms. The first-order chi connectivity index (χ1) is 8.11. The van der Waals surface area contributed by atoms with Gasteiger partial charge in [-0.1, -0.05) is 30.3 Å². The highest BCUT2D eigenvalue weighted by Crippen LogP contribution is 2.10. The fourth-order valence-corrected chi connectivity index (χ4v) is 1.10. The molecule has 1 aromatic heterocycles. The molecule has 0 fully saturated rings. The second kappa shape index (κ2) is 6.44. The molecular weight excluding hydrogens is 220 g/mol. The fourth-order valence-electron chi connectivity index (χ4n) is 1.10. The summed E-state index contributed by atoms with van der Waals surface area (Å²) >= 11 is 0. The summed E-state index contributed by atoms with van der Waals surface area (Å²) in [7, 11) is 1.94. The van der Waals surface area contributed by atoms with Gasteiger partial charge in [-0.15, -0.1) is 0 Å². The van der Waals surface area contributed by atoms with Crippen LogP contribution in [0.5, 0.6) is 0 Å². The summed E-state index contributed by atoms with van der Waals surface area (Å²) in [6, 6.07) is 8.26. The third-order valence-electron chi connectivity index (χ3n) is 1.99. The summed E-state index contributed by atoms with van der Waals surface area (Å²) in [6.07, 6.45) is 3.98. The standard InChI is InChI=1S/C8H8O3.C4H6N2/c9-7(8(10)11)6-4-2-1-3-5-6;1-6-3-2-5-4-6/h1-5,7,9H,(H,10,11);2-4H,1H3. The number of hydrogen-bond acceptors (Lipinski definition) is 3. The maximum Gasteiger partial charge on any atom is 0.337 e. The maximum atomic E-state index is 10.2. The number of carboxylic acid groups (broad SMARTS) is 1. The number of aromatic nitrogens is 2. The number of benzene rings is 1. The van der Waals surface area contributed by atoms with Crippen molar-refractivity contribution in [2.24, 2.45) is 7.05 Å². The normalized spacial score (nSPS) is 11.2. The van der Waals surface area contributed by atoms with Crippen molar-refractivity contribution < 1.29 is 15.0 Å². The van der Waals surface area contributed by atoms with Gasteiger partial charge in [0, 0.05) is 19.4 Å². The van der Waals surface area contributed by atoms with Crippen molar-refractivity contribution in [1.82, 2.24) is 9.55 Å². The minimum atomic E-state index is -1.41. The number of imidazole rings is 1. The highest BCUT2D eigenvalue weighted by Gasteiger charge is 2.14. The van der Waals surface area contributed by atoms with E-state index in [9.17, 15) is 4.79 Å². The molecule has 5 nitrogen and oxygen atoms in total. The van der Waals surface area contributed by atoms with Gasteiger partial charge in [0.1, 0.15) is 0 Å². The molecule has 2 aromatic rings. The van der Waals surface area contributed by atoms with Gasteiger partial charge in [-0.2, -0.15) is 0 Å². The van der Waals surface area contributed by atoms with E-state index in [0.717, 1.165) is 0 Å². The number of nitrogens with zero attached hydrogens (tertiary/aromatic N) is 2. The van der Waals surface area contributed by atoms with Crippen molar-refractivity contribution in [2.45, 2.75) is 6.10 Å². The monoisotopic (exact) mass is 234 g/mol. The summed E-state index contributed by atoms with van der Waals surface area (Å²) in [5.41, 5.74) is 0.403. The van der Waals surface area contributed by atoms with Crippen molar-refractivity contribution in [2.75, 3.05) is 0 Å². The lowest BCUT2D eigenvalue weighted by Crippen LogP contribution is -2.09. The van der Waals surface area contributed by atoms with Crippen LogP contribution in [-0.4, -0.2) is 25.7 Å². The van der Waals surface area contributed by atoms with Crippen LogP contribution in [0.25, 0.3) is 0 Å². The van der Waals surface area contributed by atoms with Crippen LogP contribution in [0.1, 0.15) is 11.7 Å². The Kier molecular flexibility index (Phi) is 4.90. The number of aliphatic hydroxyl groups excluding tert-OH is 1. The second-order valence-corrected chi connectivity index (χ2v) is 3.38. The molecule has 90 valence electrons. The molecule has 1 unspecified atom stereocenters. The van der Waals surface area contributed by atoms with Crippen molar-refractivity contribution in [3.05, 3.63) is 54.6 Å². The van der Waals surface area contributed by atoms with Crippen molar-refractivity contribution in [3.63, 3.8) is 0 Å². The minimum Gasteiger partial charge on any atom is -0.479 e. The predicted molar refractivity (Wildman–Crippen MR) is 62.2 cm³/mol. The highest BCUT2D eigenvalue weighted by molar-refractivity contribution is 5.73. The van der Waals surface area contributed by atoms with Gasteiger partial charge in [-0.3, -0.25) is 0 Å². The van der Waals surface area contributed by atoms with Crippen LogP contribution in [0.4, 0.5) is 0 Å². The Bertz CT molecular complexity index is 440. The molecule has 0 amide bonds. The zero-order valence-corrected chi connectivity index (χ0v) is 9.39. The number of aryl methyl sites for hydroxylation is 1. The third kappa shape index (κ3) is 4.48.